The number of nitrogens with zero attached hydrogens (tertiary/aromatic N) is 1. The van der Waals surface area contributed by atoms with E-state index in [-0.39, 0.29) is 18.2 Å². The molecule has 0 fully saturated rings. The van der Waals surface area contributed by atoms with E-state index in [0.717, 1.165) is 0 Å². The third-order valence-corrected chi connectivity index (χ3v) is 2.56. The maximum atomic E-state index is 12.1. The highest BCUT2D eigenvalue weighted by Crippen LogP contribution is 2.34. The number of benzene rings is 1. The van der Waals surface area contributed by atoms with Crippen molar-refractivity contribution in [3.05, 3.63) is 18.2 Å². The fraction of sp³-hybridized carbons (Fsp3) is 0.273. The summed E-state index contributed by atoms with van der Waals surface area (Å²) in [7, 11) is 1.47. The van der Waals surface area contributed by atoms with Crippen LogP contribution in [0, 0.1) is 0 Å². The number of hydrogen-bond donors (Lipinski definition) is 1. The first-order chi connectivity index (χ1) is 8.79. The lowest BCUT2D eigenvalue weighted by atomic mass is 10.2. The van der Waals surface area contributed by atoms with Gasteiger partial charge in [0.15, 0.2) is 6.61 Å². The molecule has 0 unspecified atom stereocenters. The van der Waals surface area contributed by atoms with Crippen molar-refractivity contribution in [2.45, 2.75) is 6.18 Å². The number of hydrogen-bond acceptors (Lipinski definition) is 3. The maximum absolute atomic E-state index is 12.1. The molecule has 1 heterocycles. The Morgan fingerprint density at radius 1 is 1.42 bits per heavy atom. The molecule has 0 aliphatic carbocycles. The summed E-state index contributed by atoms with van der Waals surface area (Å²) in [5, 5.41) is 1.71. The first-order valence-electron chi connectivity index (χ1n) is 5.20. The third-order valence-electron chi connectivity index (χ3n) is 2.56. The lowest BCUT2D eigenvalue weighted by Gasteiger charge is -2.26. The van der Waals surface area contributed by atoms with E-state index in [1.165, 1.54) is 30.1 Å². The van der Waals surface area contributed by atoms with E-state index in [9.17, 15) is 22.8 Å². The van der Waals surface area contributed by atoms with Gasteiger partial charge in [-0.15, -0.1) is 0 Å². The maximum Gasteiger partial charge on any atom is 0.471 e. The molecule has 2 amide bonds. The molecule has 0 saturated carbocycles. The Bertz CT molecular complexity index is 542. The van der Waals surface area contributed by atoms with Crippen molar-refractivity contribution >= 4 is 23.2 Å². The van der Waals surface area contributed by atoms with Gasteiger partial charge in [-0.25, -0.2) is 0 Å². The van der Waals surface area contributed by atoms with Gasteiger partial charge >= 0.3 is 12.1 Å². The number of carbonyl (C=O) groups excluding carboxylic acids is 2. The first-order valence-corrected chi connectivity index (χ1v) is 5.20. The number of likely N-dealkylation sites (N-methyl/N-ethyl adjacent to an activating group) is 1. The van der Waals surface area contributed by atoms with Crippen molar-refractivity contribution in [3.63, 3.8) is 0 Å². The van der Waals surface area contributed by atoms with Gasteiger partial charge < -0.3 is 15.0 Å². The number of ether oxygens (including phenoxy) is 1. The van der Waals surface area contributed by atoms with Gasteiger partial charge in [-0.05, 0) is 18.2 Å². The van der Waals surface area contributed by atoms with E-state index in [1.807, 2.05) is 0 Å². The molecule has 1 aliphatic rings. The van der Waals surface area contributed by atoms with Gasteiger partial charge in [-0.2, -0.15) is 13.2 Å². The predicted octanol–water partition coefficient (Wildman–Crippen LogP) is 1.54. The zero-order valence-electron chi connectivity index (χ0n) is 9.75. The average Bonchev–Trinajstić information content (AvgIpc) is 2.33. The summed E-state index contributed by atoms with van der Waals surface area (Å²) in [6, 6.07) is 3.91. The Balaban J connectivity index is 2.26. The van der Waals surface area contributed by atoms with Crippen LogP contribution in [0.5, 0.6) is 5.75 Å². The molecule has 0 aromatic heterocycles. The van der Waals surface area contributed by atoms with Gasteiger partial charge in [0, 0.05) is 12.7 Å². The second kappa shape index (κ2) is 4.45. The number of amides is 2. The molecule has 0 bridgehead atoms. The van der Waals surface area contributed by atoms with Crippen molar-refractivity contribution in [1.29, 1.82) is 0 Å². The molecule has 102 valence electrons. The number of nitrogens with one attached hydrogen (secondary N) is 1. The molecule has 0 saturated heterocycles. The molecular formula is C11H9F3N2O3. The van der Waals surface area contributed by atoms with Gasteiger partial charge in [0.1, 0.15) is 5.75 Å². The number of carbonyl (C=O) groups is 2. The van der Waals surface area contributed by atoms with Crippen molar-refractivity contribution in [2.24, 2.45) is 0 Å². The molecule has 0 radical (unpaired) electrons. The van der Waals surface area contributed by atoms with E-state index < -0.39 is 12.1 Å². The molecule has 1 N–H and O–H groups in total. The fourth-order valence-corrected chi connectivity index (χ4v) is 1.55. The predicted molar refractivity (Wildman–Crippen MR) is 60.0 cm³/mol. The van der Waals surface area contributed by atoms with Gasteiger partial charge in [0.05, 0.1) is 5.69 Å². The van der Waals surface area contributed by atoms with Crippen LogP contribution < -0.4 is 15.0 Å². The van der Waals surface area contributed by atoms with Gasteiger partial charge in [0.25, 0.3) is 5.91 Å². The van der Waals surface area contributed by atoms with Crippen LogP contribution in [0.2, 0.25) is 0 Å². The normalized spacial score (nSPS) is 14.7. The minimum Gasteiger partial charge on any atom is -0.482 e. The Hall–Kier alpha value is -2.25. The highest BCUT2D eigenvalue weighted by atomic mass is 19.4. The minimum atomic E-state index is -4.96. The molecule has 0 spiro atoms. The van der Waals surface area contributed by atoms with Crippen LogP contribution in [0.4, 0.5) is 24.5 Å². The van der Waals surface area contributed by atoms with Crippen LogP contribution in [0.25, 0.3) is 0 Å². The number of anilines is 2. The Labute approximate surface area is 105 Å². The first kappa shape index (κ1) is 13.2. The molecular weight excluding hydrogens is 265 g/mol. The summed E-state index contributed by atoms with van der Waals surface area (Å²) in [6.07, 6.45) is -4.96. The summed E-state index contributed by atoms with van der Waals surface area (Å²) in [4.78, 5) is 23.4. The number of rotatable bonds is 1. The lowest BCUT2D eigenvalue weighted by molar-refractivity contribution is -0.167. The van der Waals surface area contributed by atoms with Crippen LogP contribution in [0.15, 0.2) is 18.2 Å². The summed E-state index contributed by atoms with van der Waals surface area (Å²) < 4.78 is 41.4. The summed E-state index contributed by atoms with van der Waals surface area (Å²) >= 11 is 0. The fourth-order valence-electron chi connectivity index (χ4n) is 1.55. The largest absolute Gasteiger partial charge is 0.482 e. The topological polar surface area (TPSA) is 58.6 Å². The second-order valence-electron chi connectivity index (χ2n) is 3.88. The number of alkyl halides is 3. The molecule has 0 atom stereocenters. The van der Waals surface area contributed by atoms with Crippen LogP contribution in [0.1, 0.15) is 0 Å². The van der Waals surface area contributed by atoms with E-state index >= 15 is 0 Å². The van der Waals surface area contributed by atoms with Crippen molar-refractivity contribution in [2.75, 3.05) is 23.9 Å². The van der Waals surface area contributed by atoms with Gasteiger partial charge in [0.2, 0.25) is 0 Å². The molecule has 1 aliphatic heterocycles. The molecule has 1 aromatic carbocycles. The van der Waals surface area contributed by atoms with Crippen LogP contribution in [-0.2, 0) is 9.59 Å². The minimum absolute atomic E-state index is 0.0637. The van der Waals surface area contributed by atoms with E-state index in [4.69, 9.17) is 4.74 Å². The SMILES string of the molecule is CN1C(=O)COc2ccc(NC(=O)C(F)(F)F)cc21. The van der Waals surface area contributed by atoms with Crippen LogP contribution >= 0.6 is 0 Å². The molecule has 5 nitrogen and oxygen atoms in total. The van der Waals surface area contributed by atoms with E-state index in [2.05, 4.69) is 0 Å². The summed E-state index contributed by atoms with van der Waals surface area (Å²) in [6.45, 7) is -0.127. The lowest BCUT2D eigenvalue weighted by Crippen LogP contribution is -2.35. The summed E-state index contributed by atoms with van der Waals surface area (Å²) in [5.74, 6) is -2.03. The summed E-state index contributed by atoms with van der Waals surface area (Å²) in [5.41, 5.74) is 0.238. The second-order valence-corrected chi connectivity index (χ2v) is 3.88. The Morgan fingerprint density at radius 2 is 2.11 bits per heavy atom. The monoisotopic (exact) mass is 274 g/mol. The standard InChI is InChI=1S/C11H9F3N2O3/c1-16-7-4-6(15-10(18)11(12,13)14)2-3-8(7)19-5-9(16)17/h2-4H,5H2,1H3,(H,15,18). The quantitative estimate of drug-likeness (QED) is 0.845. The van der Waals surface area contributed by atoms with E-state index in [1.54, 1.807) is 5.32 Å². The highest BCUT2D eigenvalue weighted by Gasteiger charge is 2.38. The molecule has 1 aromatic rings. The number of fused-ring (bicyclic) bond motifs is 1. The Kier molecular flexibility index (Phi) is 3.09. The molecule has 2 rings (SSSR count). The van der Waals surface area contributed by atoms with Crippen LogP contribution in [0.3, 0.4) is 0 Å². The van der Waals surface area contributed by atoms with Crippen molar-refractivity contribution < 1.29 is 27.5 Å². The smallest absolute Gasteiger partial charge is 0.471 e. The zero-order chi connectivity index (χ0) is 14.2. The molecule has 19 heavy (non-hydrogen) atoms. The third kappa shape index (κ3) is 2.61. The van der Waals surface area contributed by atoms with E-state index in [0.29, 0.717) is 11.4 Å². The van der Waals surface area contributed by atoms with Crippen LogP contribution in [-0.4, -0.2) is 31.6 Å². The van der Waals surface area contributed by atoms with Gasteiger partial charge in [-0.1, -0.05) is 0 Å². The van der Waals surface area contributed by atoms with Gasteiger partial charge in [-0.3, -0.25) is 9.59 Å². The zero-order valence-corrected chi connectivity index (χ0v) is 9.75. The van der Waals surface area contributed by atoms with Crippen molar-refractivity contribution in [1.82, 2.24) is 0 Å². The molecule has 8 heteroatoms. The number of halogens is 3. The Morgan fingerprint density at radius 3 is 2.74 bits per heavy atom. The highest BCUT2D eigenvalue weighted by molar-refractivity contribution is 6.00. The van der Waals surface area contributed by atoms with Crippen molar-refractivity contribution in [3.8, 4) is 5.75 Å². The average molecular weight is 274 g/mol.